The molecule has 0 saturated heterocycles. The molecule has 2 amide bonds. The number of aryl methyl sites for hydroxylation is 1. The molecule has 1 heterocycles. The van der Waals surface area contributed by atoms with Gasteiger partial charge in [0.15, 0.2) is 5.76 Å². The number of hydrogen-bond donors (Lipinski definition) is 1. The van der Waals surface area contributed by atoms with Gasteiger partial charge in [-0.15, -0.1) is 0 Å². The predicted octanol–water partition coefficient (Wildman–Crippen LogP) is 5.04. The summed E-state index contributed by atoms with van der Waals surface area (Å²) in [7, 11) is 1.58. The number of methoxy groups -OCH3 is 1. The maximum atomic E-state index is 13.7. The molecule has 0 unspecified atom stereocenters. The highest BCUT2D eigenvalue weighted by Crippen LogP contribution is 2.32. The van der Waals surface area contributed by atoms with Gasteiger partial charge in [0.05, 0.1) is 13.4 Å². The van der Waals surface area contributed by atoms with Crippen LogP contribution in [0.4, 0.5) is 5.69 Å². The molecule has 1 aromatic heterocycles. The van der Waals surface area contributed by atoms with Gasteiger partial charge in [0.25, 0.3) is 5.91 Å². The van der Waals surface area contributed by atoms with E-state index in [1.165, 1.54) is 11.2 Å². The highest BCUT2D eigenvalue weighted by atomic mass is 16.5. The first-order valence-electron chi connectivity index (χ1n) is 10.9. The molecule has 6 heteroatoms. The van der Waals surface area contributed by atoms with E-state index in [0.29, 0.717) is 17.0 Å². The fourth-order valence-electron chi connectivity index (χ4n) is 4.26. The SMILES string of the molecule is COc1cccc([C@H](C(=O)NC2CCCC2)N(C(=O)c2ccco2)c2cccc(C)c2)c1. The number of furan rings is 1. The van der Waals surface area contributed by atoms with Crippen LogP contribution in [0.3, 0.4) is 0 Å². The van der Waals surface area contributed by atoms with E-state index in [-0.39, 0.29) is 23.6 Å². The van der Waals surface area contributed by atoms with Gasteiger partial charge in [-0.3, -0.25) is 14.5 Å². The minimum atomic E-state index is -0.884. The van der Waals surface area contributed by atoms with Crippen molar-refractivity contribution in [2.45, 2.75) is 44.7 Å². The number of anilines is 1. The number of carbonyl (C=O) groups excluding carboxylic acids is 2. The van der Waals surface area contributed by atoms with Crippen molar-refractivity contribution in [1.82, 2.24) is 5.32 Å². The number of nitrogens with one attached hydrogen (secondary N) is 1. The number of amides is 2. The van der Waals surface area contributed by atoms with Crippen LogP contribution in [-0.4, -0.2) is 25.0 Å². The number of rotatable bonds is 7. The maximum absolute atomic E-state index is 13.7. The minimum Gasteiger partial charge on any atom is -0.497 e. The molecule has 32 heavy (non-hydrogen) atoms. The summed E-state index contributed by atoms with van der Waals surface area (Å²) in [6.07, 6.45) is 5.56. The summed E-state index contributed by atoms with van der Waals surface area (Å²) in [5.41, 5.74) is 2.28. The topological polar surface area (TPSA) is 71.8 Å². The summed E-state index contributed by atoms with van der Waals surface area (Å²) in [5.74, 6) is 0.199. The predicted molar refractivity (Wildman–Crippen MR) is 123 cm³/mol. The average Bonchev–Trinajstić information content (AvgIpc) is 3.51. The lowest BCUT2D eigenvalue weighted by atomic mass is 10.0. The van der Waals surface area contributed by atoms with Crippen molar-refractivity contribution in [1.29, 1.82) is 0 Å². The van der Waals surface area contributed by atoms with Gasteiger partial charge in [0.2, 0.25) is 5.91 Å². The Bertz CT molecular complexity index is 1070. The number of benzene rings is 2. The van der Waals surface area contributed by atoms with Crippen LogP contribution in [0.25, 0.3) is 0 Å². The zero-order valence-corrected chi connectivity index (χ0v) is 18.4. The van der Waals surface area contributed by atoms with Crippen LogP contribution in [0.5, 0.6) is 5.75 Å². The quantitative estimate of drug-likeness (QED) is 0.568. The molecule has 1 N–H and O–H groups in total. The van der Waals surface area contributed by atoms with Crippen molar-refractivity contribution in [3.63, 3.8) is 0 Å². The number of ether oxygens (including phenoxy) is 1. The molecule has 3 aromatic rings. The summed E-state index contributed by atoms with van der Waals surface area (Å²) < 4.78 is 10.8. The molecule has 0 radical (unpaired) electrons. The Morgan fingerprint density at radius 1 is 1.06 bits per heavy atom. The third kappa shape index (κ3) is 4.69. The molecule has 1 saturated carbocycles. The molecule has 1 atom stereocenters. The number of nitrogens with zero attached hydrogens (tertiary/aromatic N) is 1. The number of hydrogen-bond acceptors (Lipinski definition) is 4. The Kier molecular flexibility index (Phi) is 6.59. The van der Waals surface area contributed by atoms with Crippen molar-refractivity contribution >= 4 is 17.5 Å². The normalized spacial score (nSPS) is 14.7. The van der Waals surface area contributed by atoms with E-state index in [1.807, 2.05) is 49.4 Å². The summed E-state index contributed by atoms with van der Waals surface area (Å²) >= 11 is 0. The molecule has 1 aliphatic carbocycles. The summed E-state index contributed by atoms with van der Waals surface area (Å²) in [4.78, 5) is 28.9. The smallest absolute Gasteiger partial charge is 0.294 e. The van der Waals surface area contributed by atoms with Gasteiger partial charge in [0.1, 0.15) is 11.8 Å². The van der Waals surface area contributed by atoms with Crippen molar-refractivity contribution in [2.75, 3.05) is 12.0 Å². The summed E-state index contributed by atoms with van der Waals surface area (Å²) in [5, 5.41) is 3.18. The molecule has 0 spiro atoms. The Labute approximate surface area is 188 Å². The van der Waals surface area contributed by atoms with Crippen LogP contribution in [0, 0.1) is 6.92 Å². The van der Waals surface area contributed by atoms with E-state index in [1.54, 1.807) is 25.3 Å². The largest absolute Gasteiger partial charge is 0.497 e. The molecular formula is C26H28N2O4. The van der Waals surface area contributed by atoms with Gasteiger partial charge in [-0.1, -0.05) is 37.1 Å². The zero-order chi connectivity index (χ0) is 22.5. The van der Waals surface area contributed by atoms with Crippen LogP contribution >= 0.6 is 0 Å². The molecule has 4 rings (SSSR count). The Morgan fingerprint density at radius 3 is 2.53 bits per heavy atom. The number of carbonyl (C=O) groups is 2. The van der Waals surface area contributed by atoms with E-state index in [9.17, 15) is 9.59 Å². The lowest BCUT2D eigenvalue weighted by molar-refractivity contribution is -0.123. The molecule has 0 bridgehead atoms. The van der Waals surface area contributed by atoms with Gasteiger partial charge in [-0.25, -0.2) is 0 Å². The first-order valence-corrected chi connectivity index (χ1v) is 10.9. The van der Waals surface area contributed by atoms with E-state index >= 15 is 0 Å². The standard InChI is InChI=1S/C26H28N2O4/c1-18-8-5-12-21(16-18)28(26(30)23-14-7-15-32-23)24(19-9-6-13-22(17-19)31-2)25(29)27-20-10-3-4-11-20/h5-9,12-17,20,24H,3-4,10-11H2,1-2H3,(H,27,29)/t24-/m1/s1. The molecule has 2 aromatic carbocycles. The van der Waals surface area contributed by atoms with E-state index in [2.05, 4.69) is 5.32 Å². The minimum absolute atomic E-state index is 0.119. The first kappa shape index (κ1) is 21.7. The summed E-state index contributed by atoms with van der Waals surface area (Å²) in [6, 6.07) is 17.4. The van der Waals surface area contributed by atoms with Crippen molar-refractivity contribution in [2.24, 2.45) is 0 Å². The van der Waals surface area contributed by atoms with Gasteiger partial charge >= 0.3 is 0 Å². The molecule has 0 aliphatic heterocycles. The van der Waals surface area contributed by atoms with Gasteiger partial charge in [0, 0.05) is 11.7 Å². The van der Waals surface area contributed by atoms with Crippen LogP contribution in [0.15, 0.2) is 71.3 Å². The van der Waals surface area contributed by atoms with Gasteiger partial charge in [-0.2, -0.15) is 0 Å². The molecule has 166 valence electrons. The second kappa shape index (κ2) is 9.73. The van der Waals surface area contributed by atoms with E-state index in [4.69, 9.17) is 9.15 Å². The van der Waals surface area contributed by atoms with Crippen LogP contribution in [-0.2, 0) is 4.79 Å². The van der Waals surface area contributed by atoms with E-state index in [0.717, 1.165) is 31.2 Å². The van der Waals surface area contributed by atoms with Crippen molar-refractivity contribution in [3.8, 4) is 5.75 Å². The van der Waals surface area contributed by atoms with Gasteiger partial charge < -0.3 is 14.5 Å². The van der Waals surface area contributed by atoms with Crippen molar-refractivity contribution in [3.05, 3.63) is 83.8 Å². The highest BCUT2D eigenvalue weighted by molar-refractivity contribution is 6.08. The molecule has 6 nitrogen and oxygen atoms in total. The van der Waals surface area contributed by atoms with Crippen LogP contribution < -0.4 is 15.0 Å². The zero-order valence-electron chi connectivity index (χ0n) is 18.4. The van der Waals surface area contributed by atoms with Crippen molar-refractivity contribution < 1.29 is 18.7 Å². The fraction of sp³-hybridized carbons (Fsp3) is 0.308. The van der Waals surface area contributed by atoms with Gasteiger partial charge in [-0.05, 0) is 67.3 Å². The Hall–Kier alpha value is -3.54. The maximum Gasteiger partial charge on any atom is 0.294 e. The monoisotopic (exact) mass is 432 g/mol. The van der Waals surface area contributed by atoms with Crippen LogP contribution in [0.1, 0.15) is 53.4 Å². The fourth-order valence-corrected chi connectivity index (χ4v) is 4.26. The van der Waals surface area contributed by atoms with E-state index < -0.39 is 6.04 Å². The molecule has 1 aliphatic rings. The second-order valence-corrected chi connectivity index (χ2v) is 8.16. The third-order valence-electron chi connectivity index (χ3n) is 5.85. The first-order chi connectivity index (χ1) is 15.6. The lowest BCUT2D eigenvalue weighted by Crippen LogP contribution is -2.46. The Morgan fingerprint density at radius 2 is 1.84 bits per heavy atom. The Balaban J connectivity index is 1.82. The second-order valence-electron chi connectivity index (χ2n) is 8.16. The molecule has 1 fully saturated rings. The highest BCUT2D eigenvalue weighted by Gasteiger charge is 2.36. The molecular weight excluding hydrogens is 404 g/mol. The third-order valence-corrected chi connectivity index (χ3v) is 5.85. The summed E-state index contributed by atoms with van der Waals surface area (Å²) in [6.45, 7) is 1.96. The average molecular weight is 433 g/mol. The lowest BCUT2D eigenvalue weighted by Gasteiger charge is -2.32. The van der Waals surface area contributed by atoms with Crippen LogP contribution in [0.2, 0.25) is 0 Å².